The molecule has 1 aromatic carbocycles. The predicted molar refractivity (Wildman–Crippen MR) is 112 cm³/mol. The van der Waals surface area contributed by atoms with E-state index in [0.717, 1.165) is 43.6 Å². The number of hydrogen-bond donors (Lipinski definition) is 1. The van der Waals surface area contributed by atoms with Gasteiger partial charge in [-0.2, -0.15) is 0 Å². The number of aromatic nitrogens is 2. The molecule has 0 bridgehead atoms. The molecule has 152 valence electrons. The monoisotopic (exact) mass is 394 g/mol. The molecule has 0 unspecified atom stereocenters. The zero-order valence-electron chi connectivity index (χ0n) is 16.6. The first-order valence-corrected chi connectivity index (χ1v) is 10.1. The molecule has 4 rings (SSSR count). The Hall–Kier alpha value is -3.22. The molecule has 7 heteroatoms. The summed E-state index contributed by atoms with van der Waals surface area (Å²) >= 11 is 0. The molecule has 0 spiro atoms. The van der Waals surface area contributed by atoms with E-state index in [2.05, 4.69) is 6.92 Å². The lowest BCUT2D eigenvalue weighted by Gasteiger charge is -2.15. The Kier molecular flexibility index (Phi) is 5.55. The number of nitrogens with zero attached hydrogens (tertiary/aromatic N) is 3. The van der Waals surface area contributed by atoms with E-state index in [1.54, 1.807) is 0 Å². The molecular weight excluding hydrogens is 368 g/mol. The maximum absolute atomic E-state index is 12.3. The molecule has 2 N–H and O–H groups in total. The topological polar surface area (TPSA) is 82.1 Å². The summed E-state index contributed by atoms with van der Waals surface area (Å²) in [6, 6.07) is 9.39. The van der Waals surface area contributed by atoms with Crippen LogP contribution in [-0.4, -0.2) is 46.5 Å². The molecule has 3 heterocycles. The molecule has 29 heavy (non-hydrogen) atoms. The van der Waals surface area contributed by atoms with Crippen molar-refractivity contribution in [3.63, 3.8) is 0 Å². The molecule has 0 radical (unpaired) electrons. The number of imidazole rings is 1. The lowest BCUT2D eigenvalue weighted by molar-refractivity contribution is -0.132. The van der Waals surface area contributed by atoms with Gasteiger partial charge < -0.3 is 24.5 Å². The second-order valence-electron chi connectivity index (χ2n) is 7.21. The van der Waals surface area contributed by atoms with Crippen molar-refractivity contribution in [3.05, 3.63) is 42.7 Å². The molecule has 2 aromatic heterocycles. The van der Waals surface area contributed by atoms with Crippen LogP contribution >= 0.6 is 0 Å². The maximum atomic E-state index is 12.3. The number of fused-ring (bicyclic) bond motifs is 1. The van der Waals surface area contributed by atoms with Crippen LogP contribution in [0.25, 0.3) is 16.9 Å². The van der Waals surface area contributed by atoms with E-state index in [-0.39, 0.29) is 12.5 Å². The first-order chi connectivity index (χ1) is 14.2. The van der Waals surface area contributed by atoms with Crippen LogP contribution in [0.5, 0.6) is 11.5 Å². The molecule has 1 fully saturated rings. The van der Waals surface area contributed by atoms with Crippen molar-refractivity contribution in [2.45, 2.75) is 26.2 Å². The minimum atomic E-state index is 0.0201. The SMILES string of the molecule is CCCOc1ccc(-c2cn3cccc(OCC(=O)N4CCCC4)c3n2)cc1N. The molecule has 1 saturated heterocycles. The number of ether oxygens (including phenoxy) is 2. The minimum absolute atomic E-state index is 0.0201. The van der Waals surface area contributed by atoms with Gasteiger partial charge in [0.05, 0.1) is 18.0 Å². The summed E-state index contributed by atoms with van der Waals surface area (Å²) in [4.78, 5) is 18.8. The van der Waals surface area contributed by atoms with Crippen molar-refractivity contribution >= 4 is 17.2 Å². The second kappa shape index (κ2) is 8.43. The lowest BCUT2D eigenvalue weighted by atomic mass is 10.1. The van der Waals surface area contributed by atoms with Gasteiger partial charge in [-0.15, -0.1) is 0 Å². The second-order valence-corrected chi connectivity index (χ2v) is 7.21. The van der Waals surface area contributed by atoms with Crippen LogP contribution in [0.1, 0.15) is 26.2 Å². The van der Waals surface area contributed by atoms with E-state index < -0.39 is 0 Å². The fourth-order valence-corrected chi connectivity index (χ4v) is 3.49. The highest BCUT2D eigenvalue weighted by atomic mass is 16.5. The van der Waals surface area contributed by atoms with Crippen LogP contribution in [0.3, 0.4) is 0 Å². The van der Waals surface area contributed by atoms with E-state index >= 15 is 0 Å². The maximum Gasteiger partial charge on any atom is 0.260 e. The number of rotatable bonds is 7. The molecule has 7 nitrogen and oxygen atoms in total. The smallest absolute Gasteiger partial charge is 0.260 e. The Balaban J connectivity index is 1.54. The molecule has 0 aliphatic carbocycles. The van der Waals surface area contributed by atoms with Crippen LogP contribution in [-0.2, 0) is 4.79 Å². The third-order valence-electron chi connectivity index (χ3n) is 5.02. The Morgan fingerprint density at radius 1 is 1.17 bits per heavy atom. The van der Waals surface area contributed by atoms with Crippen LogP contribution < -0.4 is 15.2 Å². The van der Waals surface area contributed by atoms with Gasteiger partial charge in [-0.05, 0) is 49.6 Å². The van der Waals surface area contributed by atoms with Gasteiger partial charge in [-0.1, -0.05) is 6.92 Å². The van der Waals surface area contributed by atoms with E-state index in [1.807, 2.05) is 52.0 Å². The Labute approximate surface area is 170 Å². The molecule has 1 amide bonds. The van der Waals surface area contributed by atoms with Crippen molar-refractivity contribution in [2.24, 2.45) is 0 Å². The van der Waals surface area contributed by atoms with Crippen LogP contribution in [0.2, 0.25) is 0 Å². The Bertz CT molecular complexity index is 1010. The number of anilines is 1. The van der Waals surface area contributed by atoms with Crippen molar-refractivity contribution in [2.75, 3.05) is 32.0 Å². The zero-order chi connectivity index (χ0) is 20.2. The third-order valence-corrected chi connectivity index (χ3v) is 5.02. The van der Waals surface area contributed by atoms with E-state index in [0.29, 0.717) is 29.4 Å². The highest BCUT2D eigenvalue weighted by Gasteiger charge is 2.19. The van der Waals surface area contributed by atoms with Gasteiger partial charge in [0, 0.05) is 31.0 Å². The van der Waals surface area contributed by atoms with Crippen molar-refractivity contribution in [1.82, 2.24) is 14.3 Å². The molecule has 0 saturated carbocycles. The average molecular weight is 394 g/mol. The third kappa shape index (κ3) is 4.13. The number of pyridine rings is 1. The van der Waals surface area contributed by atoms with Gasteiger partial charge in [0.25, 0.3) is 5.91 Å². The summed E-state index contributed by atoms with van der Waals surface area (Å²) in [6.07, 6.45) is 6.89. The van der Waals surface area contributed by atoms with Gasteiger partial charge in [0.15, 0.2) is 18.0 Å². The molecule has 1 aliphatic rings. The standard InChI is InChI=1S/C22H26N4O3/c1-2-12-28-19-8-7-16(13-17(19)23)18-14-26-11-5-6-20(22(26)24-18)29-15-21(27)25-9-3-4-10-25/h5-8,11,13-14H,2-4,9-10,12,15,23H2,1H3. The fraction of sp³-hybridized carbons (Fsp3) is 0.364. The van der Waals surface area contributed by atoms with Gasteiger partial charge in [0.2, 0.25) is 0 Å². The summed E-state index contributed by atoms with van der Waals surface area (Å²) in [5, 5.41) is 0. The first-order valence-electron chi connectivity index (χ1n) is 10.1. The van der Waals surface area contributed by atoms with E-state index in [9.17, 15) is 4.79 Å². The van der Waals surface area contributed by atoms with Crippen LogP contribution in [0.15, 0.2) is 42.7 Å². The number of amides is 1. The number of nitrogen functional groups attached to an aromatic ring is 1. The highest BCUT2D eigenvalue weighted by Crippen LogP contribution is 2.30. The van der Waals surface area contributed by atoms with Crippen molar-refractivity contribution in [3.8, 4) is 22.8 Å². The number of carbonyl (C=O) groups is 1. The Morgan fingerprint density at radius 3 is 2.76 bits per heavy atom. The predicted octanol–water partition coefficient (Wildman–Crippen LogP) is 3.37. The van der Waals surface area contributed by atoms with E-state index in [1.165, 1.54) is 0 Å². The Morgan fingerprint density at radius 2 is 2.00 bits per heavy atom. The highest BCUT2D eigenvalue weighted by molar-refractivity contribution is 5.78. The summed E-state index contributed by atoms with van der Waals surface area (Å²) in [7, 11) is 0. The largest absolute Gasteiger partial charge is 0.491 e. The minimum Gasteiger partial charge on any atom is -0.491 e. The molecule has 3 aromatic rings. The number of nitrogens with two attached hydrogens (primary N) is 1. The van der Waals surface area contributed by atoms with Crippen LogP contribution in [0, 0.1) is 0 Å². The fourth-order valence-electron chi connectivity index (χ4n) is 3.49. The molecule has 0 atom stereocenters. The number of carbonyl (C=O) groups excluding carboxylic acids is 1. The van der Waals surface area contributed by atoms with Crippen molar-refractivity contribution < 1.29 is 14.3 Å². The summed E-state index contributed by atoms with van der Waals surface area (Å²) < 4.78 is 13.3. The summed E-state index contributed by atoms with van der Waals surface area (Å²) in [5.74, 6) is 1.29. The van der Waals surface area contributed by atoms with Gasteiger partial charge in [-0.25, -0.2) is 4.98 Å². The van der Waals surface area contributed by atoms with Crippen LogP contribution in [0.4, 0.5) is 5.69 Å². The number of hydrogen-bond acceptors (Lipinski definition) is 5. The van der Waals surface area contributed by atoms with Crippen molar-refractivity contribution in [1.29, 1.82) is 0 Å². The zero-order valence-corrected chi connectivity index (χ0v) is 16.6. The van der Waals surface area contributed by atoms with Gasteiger partial charge >= 0.3 is 0 Å². The summed E-state index contributed by atoms with van der Waals surface area (Å²) in [5.41, 5.74) is 9.07. The first kappa shape index (κ1) is 19.1. The number of benzene rings is 1. The summed E-state index contributed by atoms with van der Waals surface area (Å²) in [6.45, 7) is 4.35. The van der Waals surface area contributed by atoms with Gasteiger partial charge in [0.1, 0.15) is 5.75 Å². The van der Waals surface area contributed by atoms with Gasteiger partial charge in [-0.3, -0.25) is 4.79 Å². The number of likely N-dealkylation sites (tertiary alicyclic amines) is 1. The molecule has 1 aliphatic heterocycles. The molecular formula is C22H26N4O3. The normalized spacial score (nSPS) is 13.8. The lowest BCUT2D eigenvalue weighted by Crippen LogP contribution is -2.32. The quantitative estimate of drug-likeness (QED) is 0.621. The van der Waals surface area contributed by atoms with E-state index in [4.69, 9.17) is 20.2 Å². The average Bonchev–Trinajstić information content (AvgIpc) is 3.41.